The first-order valence-corrected chi connectivity index (χ1v) is 8.88. The van der Waals surface area contributed by atoms with Gasteiger partial charge in [-0.2, -0.15) is 0 Å². The Kier molecular flexibility index (Phi) is 6.64. The number of carbonyl (C=O) groups excluding carboxylic acids is 1. The first-order valence-electron chi connectivity index (χ1n) is 7.72. The Morgan fingerprint density at radius 2 is 1.96 bits per heavy atom. The largest absolute Gasteiger partial charge is 0.506 e. The second kappa shape index (κ2) is 8.52. The molecule has 0 radical (unpaired) electrons. The maximum atomic E-state index is 12.3. The highest BCUT2D eigenvalue weighted by Gasteiger charge is 2.14. The number of hydrogen-bond acceptors (Lipinski definition) is 3. The van der Waals surface area contributed by atoms with Crippen LogP contribution in [0.25, 0.3) is 0 Å². The van der Waals surface area contributed by atoms with E-state index in [0.717, 1.165) is 12.0 Å². The van der Waals surface area contributed by atoms with Crippen LogP contribution in [0.1, 0.15) is 42.1 Å². The zero-order chi connectivity index (χ0) is 18.6. The third-order valence-corrected chi connectivity index (χ3v) is 4.60. The summed E-state index contributed by atoms with van der Waals surface area (Å²) >= 11 is 17.0. The number of thiocarbonyl (C=S) groups is 1. The summed E-state index contributed by atoms with van der Waals surface area (Å²) in [7, 11) is 0. The fourth-order valence-electron chi connectivity index (χ4n) is 2.19. The van der Waals surface area contributed by atoms with Crippen molar-refractivity contribution >= 4 is 52.1 Å². The SMILES string of the molecule is CCC(C)c1ccc(O)c(NC(=S)NC(=O)c2ccc(Cl)cc2Cl)c1. The molecule has 3 N–H and O–H groups in total. The van der Waals surface area contributed by atoms with E-state index in [4.69, 9.17) is 35.4 Å². The van der Waals surface area contributed by atoms with Crippen LogP contribution in [0.4, 0.5) is 5.69 Å². The molecule has 0 heterocycles. The zero-order valence-corrected chi connectivity index (χ0v) is 16.1. The van der Waals surface area contributed by atoms with Crippen molar-refractivity contribution in [1.29, 1.82) is 0 Å². The Labute approximate surface area is 162 Å². The van der Waals surface area contributed by atoms with Gasteiger partial charge in [0.25, 0.3) is 5.91 Å². The van der Waals surface area contributed by atoms with Gasteiger partial charge in [-0.15, -0.1) is 0 Å². The first-order chi connectivity index (χ1) is 11.8. The summed E-state index contributed by atoms with van der Waals surface area (Å²) < 4.78 is 0. The Bertz CT molecular complexity index is 812. The maximum Gasteiger partial charge on any atom is 0.258 e. The number of phenolic OH excluding ortho intramolecular Hbond substituents is 1. The molecule has 1 amide bonds. The zero-order valence-electron chi connectivity index (χ0n) is 13.8. The Hall–Kier alpha value is -1.82. The number of aromatic hydroxyl groups is 1. The van der Waals surface area contributed by atoms with Gasteiger partial charge in [-0.1, -0.05) is 43.1 Å². The van der Waals surface area contributed by atoms with E-state index < -0.39 is 5.91 Å². The summed E-state index contributed by atoms with van der Waals surface area (Å²) in [6.45, 7) is 4.18. The molecule has 1 unspecified atom stereocenters. The lowest BCUT2D eigenvalue weighted by molar-refractivity contribution is 0.0978. The lowest BCUT2D eigenvalue weighted by atomic mass is 9.98. The molecule has 0 bridgehead atoms. The fraction of sp³-hybridized carbons (Fsp3) is 0.222. The van der Waals surface area contributed by atoms with E-state index in [2.05, 4.69) is 24.5 Å². The smallest absolute Gasteiger partial charge is 0.258 e. The Morgan fingerprint density at radius 1 is 1.24 bits per heavy atom. The van der Waals surface area contributed by atoms with Crippen LogP contribution in [0, 0.1) is 0 Å². The predicted octanol–water partition coefficient (Wildman–Crippen LogP) is 5.34. The highest BCUT2D eigenvalue weighted by atomic mass is 35.5. The van der Waals surface area contributed by atoms with Gasteiger partial charge in [0.05, 0.1) is 16.3 Å². The normalized spacial score (nSPS) is 11.7. The molecule has 0 aliphatic rings. The van der Waals surface area contributed by atoms with Crippen molar-refractivity contribution in [3.05, 3.63) is 57.6 Å². The lowest BCUT2D eigenvalue weighted by Crippen LogP contribution is -2.34. The van der Waals surface area contributed by atoms with Gasteiger partial charge in [-0.05, 0) is 60.5 Å². The topological polar surface area (TPSA) is 61.4 Å². The number of amides is 1. The summed E-state index contributed by atoms with van der Waals surface area (Å²) in [5, 5.41) is 16.1. The molecule has 0 spiro atoms. The van der Waals surface area contributed by atoms with Crippen molar-refractivity contribution in [1.82, 2.24) is 5.32 Å². The average molecular weight is 397 g/mol. The van der Waals surface area contributed by atoms with E-state index >= 15 is 0 Å². The van der Waals surface area contributed by atoms with Gasteiger partial charge in [0.15, 0.2) is 5.11 Å². The van der Waals surface area contributed by atoms with E-state index in [0.29, 0.717) is 16.6 Å². The monoisotopic (exact) mass is 396 g/mol. The number of halogens is 2. The molecule has 0 fully saturated rings. The van der Waals surface area contributed by atoms with E-state index in [1.165, 1.54) is 12.1 Å². The molecule has 1 atom stereocenters. The molecule has 0 aliphatic heterocycles. The molecule has 2 aromatic rings. The van der Waals surface area contributed by atoms with Gasteiger partial charge in [-0.25, -0.2) is 0 Å². The van der Waals surface area contributed by atoms with Crippen molar-refractivity contribution in [2.45, 2.75) is 26.2 Å². The predicted molar refractivity (Wildman–Crippen MR) is 107 cm³/mol. The second-order valence-electron chi connectivity index (χ2n) is 5.62. The van der Waals surface area contributed by atoms with Crippen LogP contribution >= 0.6 is 35.4 Å². The standard InChI is InChI=1S/C18H18Cl2N2O2S/c1-3-10(2)11-4-7-16(23)15(8-11)21-18(25)22-17(24)13-6-5-12(19)9-14(13)20/h4-10,23H,3H2,1-2H3,(H2,21,22,24,25). The van der Waals surface area contributed by atoms with E-state index in [1.807, 2.05) is 12.1 Å². The lowest BCUT2D eigenvalue weighted by Gasteiger charge is -2.15. The van der Waals surface area contributed by atoms with Crippen LogP contribution in [-0.4, -0.2) is 16.1 Å². The summed E-state index contributed by atoms with van der Waals surface area (Å²) in [4.78, 5) is 12.3. The maximum absolute atomic E-state index is 12.3. The number of benzene rings is 2. The van der Waals surface area contributed by atoms with Crippen LogP contribution in [0.15, 0.2) is 36.4 Å². The fourth-order valence-corrected chi connectivity index (χ4v) is 2.89. The number of rotatable bonds is 4. The van der Waals surface area contributed by atoms with Gasteiger partial charge < -0.3 is 10.4 Å². The molecular formula is C18H18Cl2N2O2S. The summed E-state index contributed by atoms with van der Waals surface area (Å²) in [6, 6.07) is 9.85. The molecule has 0 saturated carbocycles. The number of phenols is 1. The molecule has 7 heteroatoms. The molecule has 0 saturated heterocycles. The molecule has 25 heavy (non-hydrogen) atoms. The van der Waals surface area contributed by atoms with Gasteiger partial charge in [0.2, 0.25) is 0 Å². The third kappa shape index (κ3) is 5.08. The van der Waals surface area contributed by atoms with Gasteiger partial charge in [0, 0.05) is 5.02 Å². The van der Waals surface area contributed by atoms with E-state index in [1.54, 1.807) is 12.1 Å². The van der Waals surface area contributed by atoms with Crippen molar-refractivity contribution in [2.24, 2.45) is 0 Å². The van der Waals surface area contributed by atoms with Crippen LogP contribution in [0.3, 0.4) is 0 Å². The third-order valence-electron chi connectivity index (χ3n) is 3.85. The quantitative estimate of drug-likeness (QED) is 0.482. The minimum Gasteiger partial charge on any atom is -0.506 e. The summed E-state index contributed by atoms with van der Waals surface area (Å²) in [5.41, 5.74) is 1.76. The van der Waals surface area contributed by atoms with Crippen molar-refractivity contribution in [3.8, 4) is 5.75 Å². The molecule has 2 rings (SSSR count). The number of anilines is 1. The average Bonchev–Trinajstić information content (AvgIpc) is 2.55. The van der Waals surface area contributed by atoms with E-state index in [-0.39, 0.29) is 21.4 Å². The highest BCUT2D eigenvalue weighted by Crippen LogP contribution is 2.29. The second-order valence-corrected chi connectivity index (χ2v) is 6.87. The van der Waals surface area contributed by atoms with Gasteiger partial charge in [-0.3, -0.25) is 10.1 Å². The minimum absolute atomic E-state index is 0.0492. The number of hydrogen-bond donors (Lipinski definition) is 3. The highest BCUT2D eigenvalue weighted by molar-refractivity contribution is 7.80. The minimum atomic E-state index is -0.461. The van der Waals surface area contributed by atoms with Gasteiger partial charge in [0.1, 0.15) is 5.75 Å². The molecule has 4 nitrogen and oxygen atoms in total. The summed E-state index contributed by atoms with van der Waals surface area (Å²) in [6.07, 6.45) is 0.973. The molecule has 2 aromatic carbocycles. The van der Waals surface area contributed by atoms with Crippen molar-refractivity contribution in [3.63, 3.8) is 0 Å². The van der Waals surface area contributed by atoms with Gasteiger partial charge >= 0.3 is 0 Å². The molecule has 132 valence electrons. The number of carbonyl (C=O) groups is 1. The molecular weight excluding hydrogens is 379 g/mol. The van der Waals surface area contributed by atoms with E-state index in [9.17, 15) is 9.90 Å². The molecule has 0 aliphatic carbocycles. The van der Waals surface area contributed by atoms with Crippen molar-refractivity contribution < 1.29 is 9.90 Å². The van der Waals surface area contributed by atoms with Crippen LogP contribution in [0.5, 0.6) is 5.75 Å². The Balaban J connectivity index is 2.11. The Morgan fingerprint density at radius 3 is 2.60 bits per heavy atom. The molecule has 0 aromatic heterocycles. The van der Waals surface area contributed by atoms with Crippen LogP contribution in [0.2, 0.25) is 10.0 Å². The van der Waals surface area contributed by atoms with Crippen molar-refractivity contribution in [2.75, 3.05) is 5.32 Å². The van der Waals surface area contributed by atoms with Crippen LogP contribution < -0.4 is 10.6 Å². The summed E-state index contributed by atoms with van der Waals surface area (Å²) in [5.74, 6) is -0.0675. The van der Waals surface area contributed by atoms with Crippen LogP contribution in [-0.2, 0) is 0 Å². The first kappa shape index (κ1) is 19.5. The number of nitrogens with one attached hydrogen (secondary N) is 2.